The van der Waals surface area contributed by atoms with E-state index in [2.05, 4.69) is 0 Å². The number of rotatable bonds is 3. The number of carbonyl (C=O) groups excluding carboxylic acids is 1. The van der Waals surface area contributed by atoms with Crippen molar-refractivity contribution in [3.63, 3.8) is 0 Å². The lowest BCUT2D eigenvalue weighted by atomic mass is 10.1. The van der Waals surface area contributed by atoms with Gasteiger partial charge in [-0.2, -0.15) is 0 Å². The molecule has 1 heterocycles. The fourth-order valence-corrected chi connectivity index (χ4v) is 1.47. The van der Waals surface area contributed by atoms with Crippen molar-refractivity contribution in [2.24, 2.45) is 0 Å². The molecule has 1 atom stereocenters. The zero-order chi connectivity index (χ0) is 10.6. The quantitative estimate of drug-likeness (QED) is 0.531. The molecular weight excluding hydrogens is 202 g/mol. The van der Waals surface area contributed by atoms with Gasteiger partial charge in [0.05, 0.1) is 0 Å². The van der Waals surface area contributed by atoms with Crippen LogP contribution in [-0.4, -0.2) is 23.2 Å². The average molecular weight is 214 g/mol. The third kappa shape index (κ3) is 2.26. The molecule has 3 nitrogen and oxygen atoms in total. The van der Waals surface area contributed by atoms with Crippen molar-refractivity contribution in [1.29, 1.82) is 0 Å². The number of nitrogens with zero attached hydrogens (tertiary/aromatic N) is 1. The number of ether oxygens (including phenoxy) is 1. The Kier molecular flexibility index (Phi) is 3.96. The van der Waals surface area contributed by atoms with Gasteiger partial charge in [0.1, 0.15) is 5.94 Å². The number of halogens is 1. The van der Waals surface area contributed by atoms with Gasteiger partial charge >= 0.3 is 0 Å². The van der Waals surface area contributed by atoms with E-state index in [1.807, 2.05) is 19.9 Å². The molecule has 0 bridgehead atoms. The summed E-state index contributed by atoms with van der Waals surface area (Å²) in [5.41, 5.74) is 1.71. The molecule has 14 heavy (non-hydrogen) atoms. The smallest absolute Gasteiger partial charge is 0.171 e. The van der Waals surface area contributed by atoms with E-state index in [1.54, 1.807) is 12.1 Å². The zero-order valence-corrected chi connectivity index (χ0v) is 8.91. The highest BCUT2D eigenvalue weighted by Gasteiger charge is 2.22. The topological polar surface area (TPSA) is 29.5 Å². The van der Waals surface area contributed by atoms with Crippen LogP contribution >= 0.6 is 11.8 Å². The first-order valence-electron chi connectivity index (χ1n) is 4.36. The summed E-state index contributed by atoms with van der Waals surface area (Å²) in [6.45, 7) is 4.31. The zero-order valence-electron chi connectivity index (χ0n) is 8.16. The van der Waals surface area contributed by atoms with Crippen molar-refractivity contribution in [2.75, 3.05) is 6.61 Å². The maximum atomic E-state index is 10.3. The molecule has 0 aliphatic carbocycles. The van der Waals surface area contributed by atoms with E-state index in [4.69, 9.17) is 16.5 Å². The van der Waals surface area contributed by atoms with Gasteiger partial charge in [0.15, 0.2) is 6.23 Å². The van der Waals surface area contributed by atoms with Gasteiger partial charge in [0.2, 0.25) is 0 Å². The van der Waals surface area contributed by atoms with Crippen LogP contribution in [0.25, 0.3) is 0 Å². The molecule has 0 fully saturated rings. The Morgan fingerprint density at radius 1 is 1.79 bits per heavy atom. The molecule has 76 valence electrons. The lowest BCUT2D eigenvalue weighted by Crippen LogP contribution is -2.30. The molecule has 1 aliphatic rings. The van der Waals surface area contributed by atoms with Crippen molar-refractivity contribution in [1.82, 2.24) is 4.42 Å². The molecule has 0 saturated carbocycles. The van der Waals surface area contributed by atoms with Gasteiger partial charge in [-0.05, 0) is 25.5 Å². The molecule has 1 rings (SSSR count). The minimum absolute atomic E-state index is 0.395. The van der Waals surface area contributed by atoms with Crippen LogP contribution in [0, 0.1) is 0 Å². The molecule has 0 spiro atoms. The van der Waals surface area contributed by atoms with Gasteiger partial charge < -0.3 is 4.74 Å². The Hall–Kier alpha value is -1.02. The molecule has 4 heteroatoms. The lowest BCUT2D eigenvalue weighted by molar-refractivity contribution is 0.0328. The summed E-state index contributed by atoms with van der Waals surface area (Å²) >= 11 is 5.89. The van der Waals surface area contributed by atoms with Crippen LogP contribution < -0.4 is 0 Å². The van der Waals surface area contributed by atoms with E-state index in [9.17, 15) is 4.79 Å². The summed E-state index contributed by atoms with van der Waals surface area (Å²) < 4.78 is 6.81. The average Bonchev–Trinajstić information content (AvgIpc) is 2.17. The monoisotopic (exact) mass is 213 g/mol. The molecule has 0 aromatic heterocycles. The van der Waals surface area contributed by atoms with E-state index in [1.165, 1.54) is 10.5 Å². The molecule has 0 aromatic carbocycles. The summed E-state index contributed by atoms with van der Waals surface area (Å²) in [4.78, 5) is 10.3. The van der Waals surface area contributed by atoms with Gasteiger partial charge in [-0.1, -0.05) is 0 Å². The number of allylic oxidation sites excluding steroid dienone is 2. The standard InChI is InChI=1S/C10H12ClNO2/c1-3-14-10-9(5-7-13)8(2)4-6-12(10)11/h4-6,10H,3H2,1-2H3. The molecular formula is C10H12ClNO2. The van der Waals surface area contributed by atoms with Crippen molar-refractivity contribution >= 4 is 17.7 Å². The van der Waals surface area contributed by atoms with E-state index in [0.29, 0.717) is 6.61 Å². The largest absolute Gasteiger partial charge is 0.353 e. The fraction of sp³-hybridized carbons (Fsp3) is 0.400. The first-order valence-corrected chi connectivity index (χ1v) is 4.70. The van der Waals surface area contributed by atoms with Crippen LogP contribution in [-0.2, 0) is 9.53 Å². The summed E-state index contributed by atoms with van der Waals surface area (Å²) in [5.74, 6) is 1.74. The molecule has 0 N–H and O–H groups in total. The molecule has 1 unspecified atom stereocenters. The Morgan fingerprint density at radius 3 is 3.07 bits per heavy atom. The highest BCUT2D eigenvalue weighted by Crippen LogP contribution is 2.24. The molecule has 1 aliphatic heterocycles. The van der Waals surface area contributed by atoms with Crippen molar-refractivity contribution < 1.29 is 9.53 Å². The van der Waals surface area contributed by atoms with Crippen LogP contribution in [0.5, 0.6) is 0 Å². The minimum atomic E-state index is -0.395. The Morgan fingerprint density at radius 2 is 2.50 bits per heavy atom. The summed E-state index contributed by atoms with van der Waals surface area (Å²) in [5, 5.41) is 0. The second kappa shape index (κ2) is 5.01. The van der Waals surface area contributed by atoms with E-state index < -0.39 is 6.23 Å². The molecule has 0 saturated heterocycles. The van der Waals surface area contributed by atoms with E-state index in [-0.39, 0.29) is 0 Å². The molecule has 0 aromatic rings. The van der Waals surface area contributed by atoms with Crippen molar-refractivity contribution in [3.8, 4) is 0 Å². The Balaban J connectivity index is 2.99. The summed E-state index contributed by atoms with van der Waals surface area (Å²) in [7, 11) is 0. The maximum absolute atomic E-state index is 10.3. The lowest BCUT2D eigenvalue weighted by Gasteiger charge is -2.28. The second-order valence-corrected chi connectivity index (χ2v) is 3.26. The maximum Gasteiger partial charge on any atom is 0.171 e. The van der Waals surface area contributed by atoms with Crippen LogP contribution in [0.3, 0.4) is 0 Å². The number of hydrogen-bond donors (Lipinski definition) is 0. The number of hydrogen-bond acceptors (Lipinski definition) is 3. The van der Waals surface area contributed by atoms with E-state index in [0.717, 1.165) is 11.1 Å². The molecule has 0 radical (unpaired) electrons. The summed E-state index contributed by atoms with van der Waals surface area (Å²) in [6, 6.07) is 0. The second-order valence-electron chi connectivity index (χ2n) is 2.87. The predicted molar refractivity (Wildman–Crippen MR) is 55.2 cm³/mol. The normalized spacial score (nSPS) is 21.1. The highest BCUT2D eigenvalue weighted by atomic mass is 35.5. The highest BCUT2D eigenvalue weighted by molar-refractivity contribution is 6.14. The third-order valence-corrected chi connectivity index (χ3v) is 2.24. The van der Waals surface area contributed by atoms with Gasteiger partial charge in [-0.3, -0.25) is 4.42 Å². The van der Waals surface area contributed by atoms with E-state index >= 15 is 0 Å². The Bertz CT molecular complexity index is 316. The van der Waals surface area contributed by atoms with Crippen LogP contribution in [0.4, 0.5) is 0 Å². The third-order valence-electron chi connectivity index (χ3n) is 1.95. The van der Waals surface area contributed by atoms with Crippen molar-refractivity contribution in [3.05, 3.63) is 29.5 Å². The summed E-state index contributed by atoms with van der Waals surface area (Å²) in [6.07, 6.45) is 4.49. The van der Waals surface area contributed by atoms with Gasteiger partial charge in [-0.15, -0.1) is 0 Å². The van der Waals surface area contributed by atoms with Crippen LogP contribution in [0.1, 0.15) is 13.8 Å². The van der Waals surface area contributed by atoms with Crippen LogP contribution in [0.15, 0.2) is 29.5 Å². The van der Waals surface area contributed by atoms with Gasteiger partial charge in [0.25, 0.3) is 0 Å². The molecule has 0 amide bonds. The SMILES string of the molecule is CCOC1C(C=C=O)=C(C)C=CN1Cl. The minimum Gasteiger partial charge on any atom is -0.353 e. The van der Waals surface area contributed by atoms with Crippen molar-refractivity contribution in [2.45, 2.75) is 20.1 Å². The van der Waals surface area contributed by atoms with Gasteiger partial charge in [0, 0.05) is 36.2 Å². The first kappa shape index (κ1) is 11.1. The predicted octanol–water partition coefficient (Wildman–Crippen LogP) is 2.04. The van der Waals surface area contributed by atoms with Gasteiger partial charge in [-0.25, -0.2) is 4.79 Å². The first-order chi connectivity index (χ1) is 6.70. The Labute approximate surface area is 88.4 Å². The van der Waals surface area contributed by atoms with Crippen LogP contribution in [0.2, 0.25) is 0 Å². The fourth-order valence-electron chi connectivity index (χ4n) is 1.25.